The lowest BCUT2D eigenvalue weighted by atomic mass is 10.0. The highest BCUT2D eigenvalue weighted by Gasteiger charge is 2.12. The molecule has 0 saturated heterocycles. The Morgan fingerprint density at radius 3 is 1.68 bits per heavy atom. The number of aromatic nitrogens is 1. The van der Waals surface area contributed by atoms with E-state index < -0.39 is 0 Å². The molecule has 0 atom stereocenters. The highest BCUT2D eigenvalue weighted by molar-refractivity contribution is 6.06. The first kappa shape index (κ1) is 29.2. The summed E-state index contributed by atoms with van der Waals surface area (Å²) in [5, 5.41) is 2.37. The molecule has 3 nitrogen and oxygen atoms in total. The van der Waals surface area contributed by atoms with Gasteiger partial charge in [0.2, 0.25) is 5.88 Å². The van der Waals surface area contributed by atoms with Crippen LogP contribution in [0, 0.1) is 5.82 Å². The lowest BCUT2D eigenvalue weighted by molar-refractivity contribution is 0.291. The molecule has 4 heteroatoms. The van der Waals surface area contributed by atoms with E-state index in [1.807, 2.05) is 30.3 Å². The van der Waals surface area contributed by atoms with E-state index in [0.29, 0.717) is 30.2 Å². The molecule has 0 bridgehead atoms. The van der Waals surface area contributed by atoms with E-state index in [4.69, 9.17) is 9.47 Å². The maximum Gasteiger partial charge on any atom is 0.213 e. The number of hydrogen-bond acceptors (Lipinski definition) is 3. The average Bonchev–Trinajstić information content (AvgIpc) is 2.92. The third-order valence-corrected chi connectivity index (χ3v) is 7.24. The summed E-state index contributed by atoms with van der Waals surface area (Å²) in [4.78, 5) is 4.66. The van der Waals surface area contributed by atoms with Crippen molar-refractivity contribution in [1.29, 1.82) is 0 Å². The van der Waals surface area contributed by atoms with Crippen molar-refractivity contribution in [2.45, 2.75) is 117 Å². The van der Waals surface area contributed by atoms with Crippen molar-refractivity contribution in [3.8, 4) is 11.6 Å². The van der Waals surface area contributed by atoms with Crippen LogP contribution in [-0.2, 0) is 0 Å². The molecule has 0 unspecified atom stereocenters. The quantitative estimate of drug-likeness (QED) is 0.112. The van der Waals surface area contributed by atoms with E-state index in [9.17, 15) is 0 Å². The fourth-order valence-corrected chi connectivity index (χ4v) is 4.97. The smallest absolute Gasteiger partial charge is 0.213 e. The molecular formula is C33H48FNO2. The van der Waals surface area contributed by atoms with Crippen LogP contribution in [0.25, 0.3) is 21.7 Å². The summed E-state index contributed by atoms with van der Waals surface area (Å²) in [6.07, 6.45) is 20.2. The summed E-state index contributed by atoms with van der Waals surface area (Å²) < 4.78 is 26.9. The minimum absolute atomic E-state index is 0.283. The fraction of sp³-hybridized carbons (Fsp3) is 0.606. The fourth-order valence-electron chi connectivity index (χ4n) is 4.97. The Morgan fingerprint density at radius 1 is 0.541 bits per heavy atom. The van der Waals surface area contributed by atoms with Crippen LogP contribution in [0.2, 0.25) is 0 Å². The Kier molecular flexibility index (Phi) is 13.6. The minimum Gasteiger partial charge on any atom is -0.490 e. The summed E-state index contributed by atoms with van der Waals surface area (Å²) in [6.45, 7) is 5.74. The molecule has 0 fully saturated rings. The summed E-state index contributed by atoms with van der Waals surface area (Å²) in [5.41, 5.74) is 0.825. The Bertz CT molecular complexity index is 1050. The lowest BCUT2D eigenvalue weighted by Gasteiger charge is -2.11. The van der Waals surface area contributed by atoms with Crippen LogP contribution >= 0.6 is 0 Å². The highest BCUT2D eigenvalue weighted by Crippen LogP contribution is 2.32. The van der Waals surface area contributed by atoms with Crippen molar-refractivity contribution < 1.29 is 13.9 Å². The Labute approximate surface area is 224 Å². The second-order valence-corrected chi connectivity index (χ2v) is 10.4. The van der Waals surface area contributed by atoms with Crippen LogP contribution in [0.5, 0.6) is 11.6 Å². The summed E-state index contributed by atoms with van der Waals surface area (Å²) >= 11 is 0. The summed E-state index contributed by atoms with van der Waals surface area (Å²) in [7, 11) is 0. The second-order valence-electron chi connectivity index (χ2n) is 10.4. The number of ether oxygens (including phenoxy) is 2. The van der Waals surface area contributed by atoms with Gasteiger partial charge in [0.15, 0.2) is 11.6 Å². The summed E-state index contributed by atoms with van der Waals surface area (Å²) in [5.74, 6) is 0.696. The average molecular weight is 510 g/mol. The zero-order valence-electron chi connectivity index (χ0n) is 23.3. The van der Waals surface area contributed by atoms with Gasteiger partial charge in [-0.05, 0) is 48.6 Å². The molecule has 1 aromatic heterocycles. The molecule has 3 rings (SSSR count). The molecule has 37 heavy (non-hydrogen) atoms. The Morgan fingerprint density at radius 2 is 1.05 bits per heavy atom. The van der Waals surface area contributed by atoms with Gasteiger partial charge in [-0.15, -0.1) is 0 Å². The number of pyridine rings is 1. The van der Waals surface area contributed by atoms with Crippen LogP contribution in [0.1, 0.15) is 117 Å². The molecule has 0 radical (unpaired) electrons. The van der Waals surface area contributed by atoms with Crippen molar-refractivity contribution in [3.05, 3.63) is 42.2 Å². The first-order chi connectivity index (χ1) is 18.2. The molecule has 204 valence electrons. The topological polar surface area (TPSA) is 31.4 Å². The zero-order valence-corrected chi connectivity index (χ0v) is 23.3. The van der Waals surface area contributed by atoms with Crippen molar-refractivity contribution in [3.63, 3.8) is 0 Å². The van der Waals surface area contributed by atoms with Crippen molar-refractivity contribution in [2.75, 3.05) is 13.2 Å². The molecule has 0 N–H and O–H groups in total. The van der Waals surface area contributed by atoms with Gasteiger partial charge in [0.1, 0.15) is 0 Å². The molecule has 0 aliphatic rings. The van der Waals surface area contributed by atoms with Crippen LogP contribution in [0.4, 0.5) is 4.39 Å². The van der Waals surface area contributed by atoms with E-state index in [1.165, 1.54) is 83.5 Å². The van der Waals surface area contributed by atoms with E-state index >= 15 is 4.39 Å². The molecule has 0 amide bonds. The monoisotopic (exact) mass is 509 g/mol. The van der Waals surface area contributed by atoms with Gasteiger partial charge < -0.3 is 9.47 Å². The highest BCUT2D eigenvalue weighted by atomic mass is 19.1. The van der Waals surface area contributed by atoms with Crippen LogP contribution in [-0.4, -0.2) is 18.2 Å². The van der Waals surface area contributed by atoms with E-state index in [1.54, 1.807) is 6.07 Å². The summed E-state index contributed by atoms with van der Waals surface area (Å²) in [6, 6.07) is 11.3. The molecule has 0 spiro atoms. The van der Waals surface area contributed by atoms with E-state index in [-0.39, 0.29) is 5.82 Å². The van der Waals surface area contributed by atoms with Gasteiger partial charge in [-0.25, -0.2) is 9.37 Å². The molecule has 0 saturated carbocycles. The molecule has 1 heterocycles. The molecule has 2 aromatic carbocycles. The van der Waals surface area contributed by atoms with E-state index in [2.05, 4.69) is 18.8 Å². The van der Waals surface area contributed by atoms with Crippen LogP contribution in [0.3, 0.4) is 0 Å². The predicted octanol–water partition coefficient (Wildman–Crippen LogP) is 10.6. The van der Waals surface area contributed by atoms with Gasteiger partial charge in [-0.2, -0.15) is 0 Å². The number of nitrogens with zero attached hydrogens (tertiary/aromatic N) is 1. The van der Waals surface area contributed by atoms with Gasteiger partial charge in [0, 0.05) is 16.8 Å². The van der Waals surface area contributed by atoms with Gasteiger partial charge >= 0.3 is 0 Å². The van der Waals surface area contributed by atoms with Crippen molar-refractivity contribution in [2.24, 2.45) is 0 Å². The predicted molar refractivity (Wildman–Crippen MR) is 155 cm³/mol. The molecule has 0 aliphatic carbocycles. The lowest BCUT2D eigenvalue weighted by Crippen LogP contribution is -2.00. The first-order valence-corrected chi connectivity index (χ1v) is 15.0. The van der Waals surface area contributed by atoms with Gasteiger partial charge in [0.05, 0.1) is 18.7 Å². The third-order valence-electron chi connectivity index (χ3n) is 7.24. The normalized spacial score (nSPS) is 11.4. The van der Waals surface area contributed by atoms with Gasteiger partial charge in [-0.1, -0.05) is 104 Å². The van der Waals surface area contributed by atoms with Crippen molar-refractivity contribution in [1.82, 2.24) is 4.98 Å². The van der Waals surface area contributed by atoms with Gasteiger partial charge in [0.25, 0.3) is 0 Å². The van der Waals surface area contributed by atoms with E-state index in [0.717, 1.165) is 35.6 Å². The largest absolute Gasteiger partial charge is 0.490 e. The zero-order chi connectivity index (χ0) is 26.1. The first-order valence-electron chi connectivity index (χ1n) is 15.0. The number of rotatable bonds is 20. The molecule has 3 aromatic rings. The van der Waals surface area contributed by atoms with Crippen LogP contribution in [0.15, 0.2) is 36.4 Å². The number of unbranched alkanes of at least 4 members (excludes halogenated alkanes) is 14. The Balaban J connectivity index is 1.44. The number of halogens is 1. The SMILES string of the molecule is CCCCCCCCCCCCOc1ccc2c(ccc3nc(OCCCCCCCC)ccc32)c1F. The maximum absolute atomic E-state index is 15.2. The van der Waals surface area contributed by atoms with Gasteiger partial charge in [-0.3, -0.25) is 0 Å². The Hall–Kier alpha value is -2.36. The molecule has 0 aliphatic heterocycles. The standard InChI is InChI=1S/C33H48FNO2/c1-3-5-7-9-11-12-13-14-16-17-25-36-31-23-20-27-28-21-24-32(37-26-18-15-10-8-6-4-2)35-30(28)22-19-29(27)33(31)34/h19-24H,3-18,25-26H2,1-2H3. The number of hydrogen-bond donors (Lipinski definition) is 0. The van der Waals surface area contributed by atoms with Crippen LogP contribution < -0.4 is 9.47 Å². The number of benzene rings is 2. The third kappa shape index (κ3) is 9.79. The maximum atomic E-state index is 15.2. The number of fused-ring (bicyclic) bond motifs is 3. The van der Waals surface area contributed by atoms with Crippen molar-refractivity contribution >= 4 is 21.7 Å². The molecular weight excluding hydrogens is 461 g/mol. The minimum atomic E-state index is -0.283. The second kappa shape index (κ2) is 17.2.